The first kappa shape index (κ1) is 51.3. The molecule has 6 nitrogen and oxygen atoms in total. The maximum absolute atomic E-state index is 12.7. The number of esters is 3. The third-order valence-electron chi connectivity index (χ3n) is 8.58. The first-order valence-electron chi connectivity index (χ1n) is 21.8. The van der Waals surface area contributed by atoms with Crippen molar-refractivity contribution in [2.75, 3.05) is 13.2 Å². The molecule has 0 bridgehead atoms. The molecule has 0 fully saturated rings. The van der Waals surface area contributed by atoms with Gasteiger partial charge in [0.1, 0.15) is 13.2 Å². The van der Waals surface area contributed by atoms with E-state index < -0.39 is 6.10 Å². The maximum atomic E-state index is 12.7. The van der Waals surface area contributed by atoms with E-state index in [0.29, 0.717) is 19.3 Å². The van der Waals surface area contributed by atoms with Crippen LogP contribution in [0.1, 0.15) is 175 Å². The second-order valence-corrected chi connectivity index (χ2v) is 13.9. The van der Waals surface area contributed by atoms with Gasteiger partial charge in [-0.2, -0.15) is 0 Å². The fourth-order valence-electron chi connectivity index (χ4n) is 5.33. The molecule has 0 radical (unpaired) electrons. The Kier molecular flexibility index (Phi) is 40.2. The number of carbonyl (C=O) groups is 3. The van der Waals surface area contributed by atoms with E-state index in [1.807, 2.05) is 0 Å². The minimum atomic E-state index is -0.816. The van der Waals surface area contributed by atoms with Crippen molar-refractivity contribution in [3.05, 3.63) is 97.2 Å². The second-order valence-electron chi connectivity index (χ2n) is 13.9. The average Bonchev–Trinajstić information content (AvgIpc) is 3.18. The number of carbonyl (C=O) groups excluding carboxylic acids is 3. The molecule has 0 aromatic rings. The van der Waals surface area contributed by atoms with Crippen LogP contribution in [0, 0.1) is 0 Å². The molecule has 310 valence electrons. The molecule has 0 amide bonds. The van der Waals surface area contributed by atoms with Gasteiger partial charge in [-0.1, -0.05) is 150 Å². The Morgan fingerprint density at radius 2 is 0.764 bits per heavy atom. The standard InChI is InChI=1S/C49H78O6/c1-4-7-10-13-16-19-22-24-25-28-30-33-36-39-42-48(51)54-45-46(44-53-47(50)41-38-35-32-29-26-21-18-15-12-9-6-3)55-49(52)43-40-37-34-31-27-23-20-17-14-11-8-5-2/h7-8,10-11,15-21,24-27,31,46H,4-6,9,12-14,22-23,28-30,32-45H2,1-3H3/b10-7-,11-8-,18-15-,19-16-,20-17-,25-24-,26-21-,31-27-. The van der Waals surface area contributed by atoms with E-state index in [-0.39, 0.29) is 37.5 Å². The van der Waals surface area contributed by atoms with E-state index >= 15 is 0 Å². The number of ether oxygens (including phenoxy) is 3. The van der Waals surface area contributed by atoms with Gasteiger partial charge in [0.2, 0.25) is 0 Å². The van der Waals surface area contributed by atoms with E-state index in [0.717, 1.165) is 116 Å². The van der Waals surface area contributed by atoms with Crippen LogP contribution in [0.15, 0.2) is 97.2 Å². The molecule has 55 heavy (non-hydrogen) atoms. The fraction of sp³-hybridized carbons (Fsp3) is 0.612. The van der Waals surface area contributed by atoms with Gasteiger partial charge < -0.3 is 14.2 Å². The summed E-state index contributed by atoms with van der Waals surface area (Å²) in [6.45, 7) is 6.24. The largest absolute Gasteiger partial charge is 0.462 e. The summed E-state index contributed by atoms with van der Waals surface area (Å²) in [5, 5.41) is 0. The summed E-state index contributed by atoms with van der Waals surface area (Å²) >= 11 is 0. The van der Waals surface area contributed by atoms with Crippen molar-refractivity contribution >= 4 is 17.9 Å². The topological polar surface area (TPSA) is 78.9 Å². The van der Waals surface area contributed by atoms with Gasteiger partial charge in [-0.15, -0.1) is 0 Å². The number of hydrogen-bond acceptors (Lipinski definition) is 6. The van der Waals surface area contributed by atoms with E-state index in [1.165, 1.54) is 12.8 Å². The van der Waals surface area contributed by atoms with Crippen LogP contribution in [-0.4, -0.2) is 37.2 Å². The number of allylic oxidation sites excluding steroid dienone is 16. The molecule has 1 atom stereocenters. The summed E-state index contributed by atoms with van der Waals surface area (Å²) in [7, 11) is 0. The molecule has 0 rings (SSSR count). The van der Waals surface area contributed by atoms with Crippen molar-refractivity contribution in [3.8, 4) is 0 Å². The second kappa shape index (κ2) is 43.1. The molecular weight excluding hydrogens is 685 g/mol. The first-order valence-corrected chi connectivity index (χ1v) is 21.8. The number of rotatable bonds is 37. The monoisotopic (exact) mass is 763 g/mol. The summed E-state index contributed by atoms with van der Waals surface area (Å²) < 4.78 is 16.6. The van der Waals surface area contributed by atoms with E-state index in [2.05, 4.69) is 118 Å². The van der Waals surface area contributed by atoms with Gasteiger partial charge >= 0.3 is 17.9 Å². The average molecular weight is 763 g/mol. The van der Waals surface area contributed by atoms with Gasteiger partial charge in [0.15, 0.2) is 6.10 Å². The molecule has 0 N–H and O–H groups in total. The van der Waals surface area contributed by atoms with Crippen molar-refractivity contribution in [1.29, 1.82) is 0 Å². The lowest BCUT2D eigenvalue weighted by Gasteiger charge is -2.18. The van der Waals surface area contributed by atoms with Crippen molar-refractivity contribution < 1.29 is 28.6 Å². The first-order chi connectivity index (χ1) is 27.0. The van der Waals surface area contributed by atoms with Gasteiger partial charge in [0.05, 0.1) is 0 Å². The normalized spacial score (nSPS) is 13.0. The molecule has 0 aliphatic carbocycles. The van der Waals surface area contributed by atoms with Crippen molar-refractivity contribution in [2.24, 2.45) is 0 Å². The van der Waals surface area contributed by atoms with Crippen LogP contribution in [0.25, 0.3) is 0 Å². The number of hydrogen-bond donors (Lipinski definition) is 0. The third kappa shape index (κ3) is 41.3. The quantitative estimate of drug-likeness (QED) is 0.0206. The van der Waals surface area contributed by atoms with E-state index in [9.17, 15) is 14.4 Å². The molecule has 0 saturated carbocycles. The smallest absolute Gasteiger partial charge is 0.306 e. The highest BCUT2D eigenvalue weighted by molar-refractivity contribution is 5.71. The summed E-state index contributed by atoms with van der Waals surface area (Å²) in [5.74, 6) is -1.02. The molecule has 0 aromatic carbocycles. The zero-order valence-corrected chi connectivity index (χ0v) is 35.1. The van der Waals surface area contributed by atoms with Crippen molar-refractivity contribution in [3.63, 3.8) is 0 Å². The molecule has 0 aliphatic heterocycles. The van der Waals surface area contributed by atoms with Gasteiger partial charge in [0, 0.05) is 19.3 Å². The molecule has 0 spiro atoms. The molecule has 0 saturated heterocycles. The number of unbranched alkanes of at least 4 members (excludes halogenated alkanes) is 11. The zero-order valence-electron chi connectivity index (χ0n) is 35.1. The summed E-state index contributed by atoms with van der Waals surface area (Å²) in [5.41, 5.74) is 0. The summed E-state index contributed by atoms with van der Waals surface area (Å²) in [6.07, 6.45) is 55.4. The summed E-state index contributed by atoms with van der Waals surface area (Å²) in [6, 6.07) is 0. The van der Waals surface area contributed by atoms with Crippen LogP contribution in [0.5, 0.6) is 0 Å². The lowest BCUT2D eigenvalue weighted by molar-refractivity contribution is -0.167. The van der Waals surface area contributed by atoms with E-state index in [1.54, 1.807) is 0 Å². The van der Waals surface area contributed by atoms with Crippen LogP contribution in [0.4, 0.5) is 0 Å². The fourth-order valence-corrected chi connectivity index (χ4v) is 5.33. The highest BCUT2D eigenvalue weighted by Gasteiger charge is 2.19. The van der Waals surface area contributed by atoms with Crippen LogP contribution in [0.3, 0.4) is 0 Å². The Morgan fingerprint density at radius 3 is 1.25 bits per heavy atom. The molecular formula is C49H78O6. The minimum Gasteiger partial charge on any atom is -0.462 e. The van der Waals surface area contributed by atoms with Crippen LogP contribution >= 0.6 is 0 Å². The Hall–Kier alpha value is -3.67. The Bertz CT molecular complexity index is 1150. The molecule has 0 heterocycles. The lowest BCUT2D eigenvalue weighted by atomic mass is 10.1. The maximum Gasteiger partial charge on any atom is 0.306 e. The highest BCUT2D eigenvalue weighted by Crippen LogP contribution is 2.11. The van der Waals surface area contributed by atoms with Gasteiger partial charge in [-0.25, -0.2) is 0 Å². The Labute approximate surface area is 337 Å². The molecule has 0 aliphatic rings. The van der Waals surface area contributed by atoms with Gasteiger partial charge in [-0.05, 0) is 103 Å². The molecule has 6 heteroatoms. The van der Waals surface area contributed by atoms with Crippen LogP contribution in [0.2, 0.25) is 0 Å². The Balaban J connectivity index is 4.53. The predicted molar refractivity (Wildman–Crippen MR) is 233 cm³/mol. The van der Waals surface area contributed by atoms with Crippen LogP contribution < -0.4 is 0 Å². The van der Waals surface area contributed by atoms with Crippen LogP contribution in [-0.2, 0) is 28.6 Å². The SMILES string of the molecule is CC/C=C\C/C=C\C/C=C\CCCCCCC(=O)OCC(COC(=O)CCCCC/C=C\C=C/CCCC)OC(=O)CCCC/C=C\C/C=C\C/C=C\CC. The molecule has 0 aromatic heterocycles. The Morgan fingerprint density at radius 1 is 0.400 bits per heavy atom. The van der Waals surface area contributed by atoms with E-state index in [4.69, 9.17) is 14.2 Å². The highest BCUT2D eigenvalue weighted by atomic mass is 16.6. The van der Waals surface area contributed by atoms with Gasteiger partial charge in [-0.3, -0.25) is 14.4 Å². The van der Waals surface area contributed by atoms with Crippen molar-refractivity contribution in [1.82, 2.24) is 0 Å². The third-order valence-corrected chi connectivity index (χ3v) is 8.58. The lowest BCUT2D eigenvalue weighted by Crippen LogP contribution is -2.30. The molecule has 1 unspecified atom stereocenters. The van der Waals surface area contributed by atoms with Gasteiger partial charge in [0.25, 0.3) is 0 Å². The zero-order chi connectivity index (χ0) is 40.1. The predicted octanol–water partition coefficient (Wildman–Crippen LogP) is 13.9. The van der Waals surface area contributed by atoms with Crippen molar-refractivity contribution in [2.45, 2.75) is 181 Å². The minimum absolute atomic E-state index is 0.115. The summed E-state index contributed by atoms with van der Waals surface area (Å²) in [4.78, 5) is 37.6.